The Morgan fingerprint density at radius 3 is 2.80 bits per heavy atom. The minimum atomic E-state index is -0.480. The molecule has 0 atom stereocenters. The van der Waals surface area contributed by atoms with E-state index >= 15 is 0 Å². The highest BCUT2D eigenvalue weighted by Gasteiger charge is 2.10. The van der Waals surface area contributed by atoms with Crippen LogP contribution in [0.2, 0.25) is 0 Å². The molecule has 2 aromatic rings. The number of ether oxygens (including phenoxy) is 2. The van der Waals surface area contributed by atoms with Gasteiger partial charge in [-0.2, -0.15) is 5.26 Å². The summed E-state index contributed by atoms with van der Waals surface area (Å²) < 4.78 is 10.4. The molecule has 7 nitrogen and oxygen atoms in total. The van der Waals surface area contributed by atoms with Crippen molar-refractivity contribution in [3.8, 4) is 17.6 Å². The lowest BCUT2D eigenvalue weighted by Gasteiger charge is -2.10. The van der Waals surface area contributed by atoms with Crippen LogP contribution in [0.1, 0.15) is 5.56 Å². The first-order valence-electron chi connectivity index (χ1n) is 7.44. The monoisotopic (exact) mass is 338 g/mol. The number of benzene rings is 1. The fourth-order valence-electron chi connectivity index (χ4n) is 2.00. The summed E-state index contributed by atoms with van der Waals surface area (Å²) >= 11 is 0. The standard InChI is InChI=1S/C18H18N4O3/c1-24-15-5-6-16(17(8-15)25-2)21-12-14(9-19)18(23)22-11-13-4-3-7-20-10-13/h3-8,10,12,21H,11H2,1-2H3,(H,22,23)/b14-12-. The number of nitrogens with zero attached hydrogens (tertiary/aromatic N) is 2. The van der Waals surface area contributed by atoms with Gasteiger partial charge in [-0.25, -0.2) is 0 Å². The third kappa shape index (κ3) is 4.97. The van der Waals surface area contributed by atoms with Crippen LogP contribution in [-0.4, -0.2) is 25.1 Å². The maximum absolute atomic E-state index is 12.1. The van der Waals surface area contributed by atoms with Crippen molar-refractivity contribution in [2.75, 3.05) is 19.5 Å². The number of methoxy groups -OCH3 is 2. The van der Waals surface area contributed by atoms with Gasteiger partial charge in [-0.05, 0) is 23.8 Å². The van der Waals surface area contributed by atoms with Crippen LogP contribution in [0.15, 0.2) is 54.5 Å². The maximum Gasteiger partial charge on any atom is 0.263 e. The molecule has 2 N–H and O–H groups in total. The number of anilines is 1. The van der Waals surface area contributed by atoms with Crippen molar-refractivity contribution < 1.29 is 14.3 Å². The number of hydrogen-bond acceptors (Lipinski definition) is 6. The second kappa shape index (κ2) is 8.93. The van der Waals surface area contributed by atoms with E-state index in [-0.39, 0.29) is 12.1 Å². The van der Waals surface area contributed by atoms with Gasteiger partial charge in [0.25, 0.3) is 5.91 Å². The van der Waals surface area contributed by atoms with Crippen molar-refractivity contribution in [1.82, 2.24) is 10.3 Å². The van der Waals surface area contributed by atoms with Crippen LogP contribution in [-0.2, 0) is 11.3 Å². The van der Waals surface area contributed by atoms with Gasteiger partial charge in [-0.3, -0.25) is 9.78 Å². The molecule has 0 unspecified atom stereocenters. The van der Waals surface area contributed by atoms with Crippen LogP contribution in [0.4, 0.5) is 5.69 Å². The fraction of sp³-hybridized carbons (Fsp3) is 0.167. The van der Waals surface area contributed by atoms with Gasteiger partial charge >= 0.3 is 0 Å². The predicted molar refractivity (Wildman–Crippen MR) is 92.9 cm³/mol. The second-order valence-electron chi connectivity index (χ2n) is 4.92. The first-order valence-corrected chi connectivity index (χ1v) is 7.44. The van der Waals surface area contributed by atoms with Crippen LogP contribution in [0, 0.1) is 11.3 Å². The zero-order valence-electron chi connectivity index (χ0n) is 13.9. The Morgan fingerprint density at radius 1 is 1.32 bits per heavy atom. The van der Waals surface area contributed by atoms with E-state index in [2.05, 4.69) is 15.6 Å². The summed E-state index contributed by atoms with van der Waals surface area (Å²) in [5.41, 5.74) is 1.40. The second-order valence-corrected chi connectivity index (χ2v) is 4.92. The summed E-state index contributed by atoms with van der Waals surface area (Å²) in [7, 11) is 3.08. The van der Waals surface area contributed by atoms with Gasteiger partial charge in [0.05, 0.1) is 19.9 Å². The van der Waals surface area contributed by atoms with Crippen molar-refractivity contribution in [1.29, 1.82) is 5.26 Å². The third-order valence-corrected chi connectivity index (χ3v) is 3.32. The average molecular weight is 338 g/mol. The van der Waals surface area contributed by atoms with Gasteiger partial charge in [-0.15, -0.1) is 0 Å². The molecule has 0 aliphatic carbocycles. The van der Waals surface area contributed by atoms with Gasteiger partial charge in [0.2, 0.25) is 0 Å². The Balaban J connectivity index is 2.04. The van der Waals surface area contributed by atoms with Crippen molar-refractivity contribution in [3.05, 3.63) is 60.1 Å². The first kappa shape index (κ1) is 17.8. The summed E-state index contributed by atoms with van der Waals surface area (Å²) in [4.78, 5) is 16.1. The quantitative estimate of drug-likeness (QED) is 0.594. The molecule has 1 amide bonds. The molecule has 0 radical (unpaired) electrons. The van der Waals surface area contributed by atoms with Crippen LogP contribution in [0.25, 0.3) is 0 Å². The SMILES string of the molecule is COc1ccc(N/C=C(/C#N)C(=O)NCc2cccnc2)c(OC)c1. The van der Waals surface area contributed by atoms with Crippen molar-refractivity contribution >= 4 is 11.6 Å². The molecule has 1 heterocycles. The zero-order valence-corrected chi connectivity index (χ0v) is 13.9. The highest BCUT2D eigenvalue weighted by atomic mass is 16.5. The lowest BCUT2D eigenvalue weighted by molar-refractivity contribution is -0.117. The van der Waals surface area contributed by atoms with Gasteiger partial charge in [0.15, 0.2) is 0 Å². The highest BCUT2D eigenvalue weighted by Crippen LogP contribution is 2.29. The van der Waals surface area contributed by atoms with Gasteiger partial charge in [-0.1, -0.05) is 6.07 Å². The number of carbonyl (C=O) groups is 1. The number of hydrogen-bond donors (Lipinski definition) is 2. The van der Waals surface area contributed by atoms with E-state index in [9.17, 15) is 10.1 Å². The minimum Gasteiger partial charge on any atom is -0.497 e. The highest BCUT2D eigenvalue weighted by molar-refractivity contribution is 5.97. The number of pyridine rings is 1. The van der Waals surface area contributed by atoms with E-state index in [0.717, 1.165) is 5.56 Å². The molecule has 0 aliphatic heterocycles. The molecule has 1 aromatic heterocycles. The van der Waals surface area contributed by atoms with Gasteiger partial charge in [0, 0.05) is 31.2 Å². The van der Waals surface area contributed by atoms with Crippen LogP contribution in [0.3, 0.4) is 0 Å². The number of aromatic nitrogens is 1. The van der Waals surface area contributed by atoms with E-state index in [1.807, 2.05) is 12.1 Å². The first-order chi connectivity index (χ1) is 12.2. The Kier molecular flexibility index (Phi) is 6.37. The van der Waals surface area contributed by atoms with Crippen molar-refractivity contribution in [3.63, 3.8) is 0 Å². The molecule has 0 saturated carbocycles. The minimum absolute atomic E-state index is 0.0539. The lowest BCUT2D eigenvalue weighted by atomic mass is 10.2. The summed E-state index contributed by atoms with van der Waals surface area (Å²) in [5.74, 6) is 0.691. The van der Waals surface area contributed by atoms with E-state index in [4.69, 9.17) is 9.47 Å². The molecule has 0 aliphatic rings. The van der Waals surface area contributed by atoms with Crippen LogP contribution >= 0.6 is 0 Å². The molecule has 128 valence electrons. The largest absolute Gasteiger partial charge is 0.497 e. The van der Waals surface area contributed by atoms with Crippen molar-refractivity contribution in [2.24, 2.45) is 0 Å². The number of carbonyl (C=O) groups excluding carboxylic acids is 1. The number of nitrogens with one attached hydrogen (secondary N) is 2. The summed E-state index contributed by atoms with van der Waals surface area (Å²) in [6.07, 6.45) is 4.64. The number of amides is 1. The Morgan fingerprint density at radius 2 is 2.16 bits per heavy atom. The normalized spacial score (nSPS) is 10.5. The molecule has 0 bridgehead atoms. The summed E-state index contributed by atoms with van der Waals surface area (Å²) in [5, 5.41) is 14.8. The maximum atomic E-state index is 12.1. The van der Waals surface area contributed by atoms with E-state index in [0.29, 0.717) is 17.2 Å². The molecule has 1 aromatic carbocycles. The molecule has 7 heteroatoms. The third-order valence-electron chi connectivity index (χ3n) is 3.32. The molecule has 2 rings (SSSR count). The molecule has 0 saturated heterocycles. The fourth-order valence-corrected chi connectivity index (χ4v) is 2.00. The zero-order chi connectivity index (χ0) is 18.1. The smallest absolute Gasteiger partial charge is 0.263 e. The predicted octanol–water partition coefficient (Wildman–Crippen LogP) is 2.23. The molecule has 0 fully saturated rings. The summed E-state index contributed by atoms with van der Waals surface area (Å²) in [6.45, 7) is 0.289. The van der Waals surface area contributed by atoms with E-state index < -0.39 is 5.91 Å². The lowest BCUT2D eigenvalue weighted by Crippen LogP contribution is -2.24. The van der Waals surface area contributed by atoms with Gasteiger partial charge < -0.3 is 20.1 Å². The molecular formula is C18H18N4O3. The van der Waals surface area contributed by atoms with Gasteiger partial charge in [0.1, 0.15) is 23.1 Å². The Bertz CT molecular complexity index is 798. The molecule has 0 spiro atoms. The Labute approximate surface area is 145 Å². The molecule has 25 heavy (non-hydrogen) atoms. The van der Waals surface area contributed by atoms with Crippen LogP contribution in [0.5, 0.6) is 11.5 Å². The Hall–Kier alpha value is -3.53. The van der Waals surface area contributed by atoms with E-state index in [1.165, 1.54) is 13.3 Å². The number of rotatable bonds is 7. The van der Waals surface area contributed by atoms with Crippen LogP contribution < -0.4 is 20.1 Å². The average Bonchev–Trinajstić information content (AvgIpc) is 2.67. The summed E-state index contributed by atoms with van der Waals surface area (Å²) in [6, 6.07) is 10.7. The van der Waals surface area contributed by atoms with E-state index in [1.54, 1.807) is 43.8 Å². The van der Waals surface area contributed by atoms with Crippen molar-refractivity contribution in [2.45, 2.75) is 6.54 Å². The number of nitriles is 1. The topological polar surface area (TPSA) is 96.3 Å². The molecular weight excluding hydrogens is 320 g/mol.